The molecule has 19 heavy (non-hydrogen) atoms. The number of carbonyl (C=O) groups is 1. The molecule has 0 spiro atoms. The first-order valence-corrected chi connectivity index (χ1v) is 7.35. The van der Waals surface area contributed by atoms with Gasteiger partial charge in [-0.25, -0.2) is 0 Å². The van der Waals surface area contributed by atoms with E-state index in [2.05, 4.69) is 33.5 Å². The van der Waals surface area contributed by atoms with Crippen molar-refractivity contribution >= 4 is 21.8 Å². The van der Waals surface area contributed by atoms with Gasteiger partial charge in [0.1, 0.15) is 5.75 Å². The Kier molecular flexibility index (Phi) is 7.52. The third kappa shape index (κ3) is 6.07. The average molecular weight is 329 g/mol. The van der Waals surface area contributed by atoms with E-state index in [0.29, 0.717) is 12.3 Å². The van der Waals surface area contributed by atoms with Gasteiger partial charge in [0.2, 0.25) is 0 Å². The Morgan fingerprint density at radius 2 is 2.16 bits per heavy atom. The minimum Gasteiger partial charge on any atom is -0.483 e. The van der Waals surface area contributed by atoms with Gasteiger partial charge in [0.25, 0.3) is 5.91 Å². The van der Waals surface area contributed by atoms with Gasteiger partial charge in [-0.3, -0.25) is 4.79 Å². The summed E-state index contributed by atoms with van der Waals surface area (Å²) in [7, 11) is 0. The van der Waals surface area contributed by atoms with Gasteiger partial charge in [-0.05, 0) is 46.6 Å². The molecule has 0 saturated carbocycles. The molecule has 1 rings (SSSR count). The Morgan fingerprint density at radius 3 is 2.79 bits per heavy atom. The molecule has 2 N–H and O–H groups in total. The third-order valence-corrected chi connectivity index (χ3v) is 3.13. The standard InChI is InChI=1S/C14H21BrN2O2/c1-3-7-17-14(18)10-19-13-6-5-11(8-12(13)15)9-16-4-2/h5-6,8,16H,3-4,7,9-10H2,1-2H3,(H,17,18). The Balaban J connectivity index is 2.48. The van der Waals surface area contributed by atoms with Gasteiger partial charge in [-0.15, -0.1) is 0 Å². The molecule has 0 bridgehead atoms. The van der Waals surface area contributed by atoms with E-state index in [9.17, 15) is 4.79 Å². The molecular weight excluding hydrogens is 308 g/mol. The van der Waals surface area contributed by atoms with Gasteiger partial charge in [-0.2, -0.15) is 0 Å². The number of benzene rings is 1. The van der Waals surface area contributed by atoms with E-state index in [-0.39, 0.29) is 12.5 Å². The molecule has 106 valence electrons. The van der Waals surface area contributed by atoms with Crippen LogP contribution in [-0.4, -0.2) is 25.6 Å². The monoisotopic (exact) mass is 328 g/mol. The summed E-state index contributed by atoms with van der Waals surface area (Å²) in [6.07, 6.45) is 0.925. The van der Waals surface area contributed by atoms with Crippen molar-refractivity contribution in [1.82, 2.24) is 10.6 Å². The first kappa shape index (κ1) is 16.0. The minimum atomic E-state index is -0.0922. The molecule has 4 nitrogen and oxygen atoms in total. The fraction of sp³-hybridized carbons (Fsp3) is 0.500. The van der Waals surface area contributed by atoms with Crippen molar-refractivity contribution in [2.45, 2.75) is 26.8 Å². The minimum absolute atomic E-state index is 0.0468. The lowest BCUT2D eigenvalue weighted by atomic mass is 10.2. The molecule has 1 aromatic carbocycles. The Bertz CT molecular complexity index is 410. The van der Waals surface area contributed by atoms with Crippen LogP contribution in [0.15, 0.2) is 22.7 Å². The van der Waals surface area contributed by atoms with E-state index in [1.54, 1.807) is 0 Å². The molecule has 0 aliphatic carbocycles. The Hall–Kier alpha value is -1.07. The highest BCUT2D eigenvalue weighted by molar-refractivity contribution is 9.10. The number of hydrogen-bond donors (Lipinski definition) is 2. The zero-order chi connectivity index (χ0) is 14.1. The van der Waals surface area contributed by atoms with Crippen molar-refractivity contribution < 1.29 is 9.53 Å². The second-order valence-electron chi connectivity index (χ2n) is 4.18. The maximum atomic E-state index is 11.4. The van der Waals surface area contributed by atoms with Crippen LogP contribution in [0.2, 0.25) is 0 Å². The summed E-state index contributed by atoms with van der Waals surface area (Å²) in [5.74, 6) is 0.595. The smallest absolute Gasteiger partial charge is 0.257 e. The zero-order valence-electron chi connectivity index (χ0n) is 11.5. The summed E-state index contributed by atoms with van der Waals surface area (Å²) in [5.41, 5.74) is 1.18. The lowest BCUT2D eigenvalue weighted by molar-refractivity contribution is -0.123. The van der Waals surface area contributed by atoms with E-state index in [1.165, 1.54) is 5.56 Å². The molecule has 1 aromatic rings. The van der Waals surface area contributed by atoms with Crippen LogP contribution in [0.1, 0.15) is 25.8 Å². The number of halogens is 1. The van der Waals surface area contributed by atoms with Gasteiger partial charge < -0.3 is 15.4 Å². The van der Waals surface area contributed by atoms with E-state index < -0.39 is 0 Å². The van der Waals surface area contributed by atoms with Crippen molar-refractivity contribution in [3.8, 4) is 5.75 Å². The number of rotatable bonds is 8. The average Bonchev–Trinajstić information content (AvgIpc) is 2.41. The Labute approximate surface area is 123 Å². The molecule has 1 amide bonds. The van der Waals surface area contributed by atoms with Crippen molar-refractivity contribution in [1.29, 1.82) is 0 Å². The van der Waals surface area contributed by atoms with Gasteiger partial charge in [0.15, 0.2) is 6.61 Å². The van der Waals surface area contributed by atoms with Crippen LogP contribution in [0.25, 0.3) is 0 Å². The van der Waals surface area contributed by atoms with Crippen LogP contribution in [0.5, 0.6) is 5.75 Å². The summed E-state index contributed by atoms with van der Waals surface area (Å²) in [6, 6.07) is 5.87. The Morgan fingerprint density at radius 1 is 1.37 bits per heavy atom. The maximum Gasteiger partial charge on any atom is 0.257 e. The molecule has 0 fully saturated rings. The maximum absolute atomic E-state index is 11.4. The summed E-state index contributed by atoms with van der Waals surface area (Å²) >= 11 is 3.46. The molecular formula is C14H21BrN2O2. The molecule has 5 heteroatoms. The van der Waals surface area contributed by atoms with Crippen LogP contribution >= 0.6 is 15.9 Å². The van der Waals surface area contributed by atoms with Gasteiger partial charge >= 0.3 is 0 Å². The number of amides is 1. The van der Waals surface area contributed by atoms with Crippen molar-refractivity contribution in [2.24, 2.45) is 0 Å². The summed E-state index contributed by atoms with van der Waals surface area (Å²) in [6.45, 7) is 6.58. The van der Waals surface area contributed by atoms with E-state index >= 15 is 0 Å². The second kappa shape index (κ2) is 8.93. The SMILES string of the molecule is CCCNC(=O)COc1ccc(CNCC)cc1Br. The topological polar surface area (TPSA) is 50.4 Å². The molecule has 0 unspecified atom stereocenters. The highest BCUT2D eigenvalue weighted by Gasteiger charge is 2.06. The quantitative estimate of drug-likeness (QED) is 0.770. The molecule has 0 aromatic heterocycles. The molecule has 0 radical (unpaired) electrons. The predicted molar refractivity (Wildman–Crippen MR) is 80.3 cm³/mol. The summed E-state index contributed by atoms with van der Waals surface area (Å²) in [4.78, 5) is 11.4. The molecule has 0 atom stereocenters. The van der Waals surface area contributed by atoms with Crippen molar-refractivity contribution in [2.75, 3.05) is 19.7 Å². The number of ether oxygens (including phenoxy) is 1. The van der Waals surface area contributed by atoms with Crippen LogP contribution in [-0.2, 0) is 11.3 Å². The number of nitrogens with one attached hydrogen (secondary N) is 2. The van der Waals surface area contributed by atoms with Gasteiger partial charge in [-0.1, -0.05) is 19.9 Å². The van der Waals surface area contributed by atoms with Gasteiger partial charge in [0, 0.05) is 13.1 Å². The largest absolute Gasteiger partial charge is 0.483 e. The first-order chi connectivity index (χ1) is 9.17. The second-order valence-corrected chi connectivity index (χ2v) is 5.04. The molecule has 0 aliphatic rings. The lowest BCUT2D eigenvalue weighted by Crippen LogP contribution is -2.29. The molecule has 0 saturated heterocycles. The van der Waals surface area contributed by atoms with E-state index in [0.717, 1.165) is 24.0 Å². The highest BCUT2D eigenvalue weighted by Crippen LogP contribution is 2.25. The summed E-state index contributed by atoms with van der Waals surface area (Å²) in [5, 5.41) is 6.03. The molecule has 0 heterocycles. The van der Waals surface area contributed by atoms with Gasteiger partial charge in [0.05, 0.1) is 4.47 Å². The van der Waals surface area contributed by atoms with Crippen LogP contribution in [0, 0.1) is 0 Å². The van der Waals surface area contributed by atoms with E-state index in [4.69, 9.17) is 4.74 Å². The first-order valence-electron chi connectivity index (χ1n) is 6.56. The highest BCUT2D eigenvalue weighted by atomic mass is 79.9. The van der Waals surface area contributed by atoms with Crippen molar-refractivity contribution in [3.63, 3.8) is 0 Å². The van der Waals surface area contributed by atoms with Crippen LogP contribution in [0.4, 0.5) is 0 Å². The molecule has 0 aliphatic heterocycles. The zero-order valence-corrected chi connectivity index (χ0v) is 13.0. The number of hydrogen-bond acceptors (Lipinski definition) is 3. The normalized spacial score (nSPS) is 10.3. The lowest BCUT2D eigenvalue weighted by Gasteiger charge is -2.10. The van der Waals surface area contributed by atoms with E-state index in [1.807, 2.05) is 25.1 Å². The fourth-order valence-electron chi connectivity index (χ4n) is 1.50. The fourth-order valence-corrected chi connectivity index (χ4v) is 2.04. The summed E-state index contributed by atoms with van der Waals surface area (Å²) < 4.78 is 6.34. The predicted octanol–water partition coefficient (Wildman–Crippen LogP) is 2.46. The third-order valence-electron chi connectivity index (χ3n) is 2.51. The number of carbonyl (C=O) groups excluding carboxylic acids is 1. The van der Waals surface area contributed by atoms with Crippen LogP contribution < -0.4 is 15.4 Å². The van der Waals surface area contributed by atoms with Crippen LogP contribution in [0.3, 0.4) is 0 Å². The van der Waals surface area contributed by atoms with Crippen molar-refractivity contribution in [3.05, 3.63) is 28.2 Å².